The Kier molecular flexibility index (Phi) is 4.60. The molecule has 2 rings (SSSR count). The zero-order valence-corrected chi connectivity index (χ0v) is 13.4. The molecule has 0 unspecified atom stereocenters. The Labute approximate surface area is 133 Å². The molecule has 0 aliphatic heterocycles. The SMILES string of the molecule is Cc1nn(CC(=O)Nc2ccc(C(F)(F)F)cc2)c(C)c1Br. The van der Waals surface area contributed by atoms with Crippen molar-refractivity contribution in [1.29, 1.82) is 0 Å². The summed E-state index contributed by atoms with van der Waals surface area (Å²) in [5.74, 6) is -0.363. The quantitative estimate of drug-likeness (QED) is 0.883. The van der Waals surface area contributed by atoms with Crippen molar-refractivity contribution in [3.05, 3.63) is 45.7 Å². The van der Waals surface area contributed by atoms with E-state index >= 15 is 0 Å². The van der Waals surface area contributed by atoms with Gasteiger partial charge in [0.2, 0.25) is 5.91 Å². The van der Waals surface area contributed by atoms with Gasteiger partial charge in [-0.3, -0.25) is 9.48 Å². The van der Waals surface area contributed by atoms with E-state index in [1.54, 1.807) is 6.92 Å². The molecule has 0 bridgehead atoms. The van der Waals surface area contributed by atoms with Gasteiger partial charge in [0.25, 0.3) is 0 Å². The Morgan fingerprint density at radius 2 is 1.86 bits per heavy atom. The van der Waals surface area contributed by atoms with Gasteiger partial charge in [-0.05, 0) is 54.0 Å². The van der Waals surface area contributed by atoms with Gasteiger partial charge in [-0.1, -0.05) is 0 Å². The van der Waals surface area contributed by atoms with E-state index in [1.165, 1.54) is 16.8 Å². The summed E-state index contributed by atoms with van der Waals surface area (Å²) in [5.41, 5.74) is 1.12. The van der Waals surface area contributed by atoms with Crippen molar-refractivity contribution in [3.8, 4) is 0 Å². The van der Waals surface area contributed by atoms with Gasteiger partial charge >= 0.3 is 6.18 Å². The molecule has 8 heteroatoms. The molecule has 0 atom stereocenters. The highest BCUT2D eigenvalue weighted by Crippen LogP contribution is 2.29. The summed E-state index contributed by atoms with van der Waals surface area (Å²) in [6, 6.07) is 4.29. The predicted octanol–water partition coefficient (Wildman–Crippen LogP) is 3.92. The summed E-state index contributed by atoms with van der Waals surface area (Å²) in [6.07, 6.45) is -4.39. The molecule has 22 heavy (non-hydrogen) atoms. The minimum Gasteiger partial charge on any atom is -0.324 e. The Morgan fingerprint density at radius 3 is 2.32 bits per heavy atom. The standard InChI is InChI=1S/C14H13BrF3N3O/c1-8-13(15)9(2)21(20-8)7-12(22)19-11-5-3-10(4-6-11)14(16,17)18/h3-6H,7H2,1-2H3,(H,19,22). The van der Waals surface area contributed by atoms with Crippen LogP contribution in [0.3, 0.4) is 0 Å². The number of aryl methyl sites for hydroxylation is 1. The second kappa shape index (κ2) is 6.12. The molecule has 0 fully saturated rings. The summed E-state index contributed by atoms with van der Waals surface area (Å²) >= 11 is 3.36. The number of alkyl halides is 3. The molecule has 1 N–H and O–H groups in total. The number of halogens is 4. The maximum absolute atomic E-state index is 12.5. The van der Waals surface area contributed by atoms with Crippen molar-refractivity contribution in [2.45, 2.75) is 26.6 Å². The Hall–Kier alpha value is -1.83. The lowest BCUT2D eigenvalue weighted by Crippen LogP contribution is -2.20. The van der Waals surface area contributed by atoms with E-state index in [0.29, 0.717) is 5.69 Å². The molecule has 0 spiro atoms. The van der Waals surface area contributed by atoms with Crippen LogP contribution in [0.25, 0.3) is 0 Å². The maximum atomic E-state index is 12.5. The molecular formula is C14H13BrF3N3O. The monoisotopic (exact) mass is 375 g/mol. The van der Waals surface area contributed by atoms with Gasteiger partial charge in [-0.25, -0.2) is 0 Å². The highest BCUT2D eigenvalue weighted by molar-refractivity contribution is 9.10. The third-order valence-electron chi connectivity index (χ3n) is 3.08. The lowest BCUT2D eigenvalue weighted by atomic mass is 10.2. The van der Waals surface area contributed by atoms with Gasteiger partial charge in [0, 0.05) is 5.69 Å². The van der Waals surface area contributed by atoms with Crippen molar-refractivity contribution in [1.82, 2.24) is 9.78 Å². The van der Waals surface area contributed by atoms with Crippen molar-refractivity contribution in [3.63, 3.8) is 0 Å². The van der Waals surface area contributed by atoms with Crippen molar-refractivity contribution in [2.24, 2.45) is 0 Å². The number of aromatic nitrogens is 2. The molecule has 4 nitrogen and oxygen atoms in total. The van der Waals surface area contributed by atoms with Gasteiger partial charge < -0.3 is 5.32 Å². The summed E-state index contributed by atoms with van der Waals surface area (Å²) in [5, 5.41) is 6.74. The van der Waals surface area contributed by atoms with Crippen molar-refractivity contribution < 1.29 is 18.0 Å². The van der Waals surface area contributed by atoms with E-state index in [0.717, 1.165) is 28.0 Å². The number of anilines is 1. The number of nitrogens with one attached hydrogen (secondary N) is 1. The van der Waals surface area contributed by atoms with E-state index < -0.39 is 11.7 Å². The Balaban J connectivity index is 2.04. The lowest BCUT2D eigenvalue weighted by molar-refractivity contribution is -0.137. The van der Waals surface area contributed by atoms with E-state index in [1.807, 2.05) is 6.92 Å². The number of carbonyl (C=O) groups is 1. The van der Waals surface area contributed by atoms with Crippen LogP contribution < -0.4 is 5.32 Å². The van der Waals surface area contributed by atoms with Gasteiger partial charge in [0.05, 0.1) is 21.4 Å². The summed E-state index contributed by atoms with van der Waals surface area (Å²) < 4.78 is 39.7. The Bertz CT molecular complexity index is 693. The number of hydrogen-bond acceptors (Lipinski definition) is 2. The number of rotatable bonds is 3. The highest BCUT2D eigenvalue weighted by Gasteiger charge is 2.29. The molecule has 0 aliphatic rings. The highest BCUT2D eigenvalue weighted by atomic mass is 79.9. The number of amides is 1. The van der Waals surface area contributed by atoms with Gasteiger partial charge in [-0.2, -0.15) is 18.3 Å². The van der Waals surface area contributed by atoms with E-state index in [9.17, 15) is 18.0 Å². The van der Waals surface area contributed by atoms with Crippen LogP contribution in [0, 0.1) is 13.8 Å². The van der Waals surface area contributed by atoms with Crippen LogP contribution in [0.2, 0.25) is 0 Å². The average Bonchev–Trinajstić information content (AvgIpc) is 2.66. The van der Waals surface area contributed by atoms with Gasteiger partial charge in [-0.15, -0.1) is 0 Å². The molecule has 118 valence electrons. The minimum absolute atomic E-state index is 0.0146. The lowest BCUT2D eigenvalue weighted by Gasteiger charge is -2.09. The molecule has 0 radical (unpaired) electrons. The third-order valence-corrected chi connectivity index (χ3v) is 4.23. The fourth-order valence-electron chi connectivity index (χ4n) is 1.91. The molecule has 2 aromatic rings. The van der Waals surface area contributed by atoms with Crippen LogP contribution in [0.5, 0.6) is 0 Å². The number of hydrogen-bond donors (Lipinski definition) is 1. The second-order valence-corrected chi connectivity index (χ2v) is 5.56. The zero-order chi connectivity index (χ0) is 16.5. The van der Waals surface area contributed by atoms with Crippen LogP contribution >= 0.6 is 15.9 Å². The third kappa shape index (κ3) is 3.68. The van der Waals surface area contributed by atoms with E-state index in [-0.39, 0.29) is 12.5 Å². The average molecular weight is 376 g/mol. The first-order valence-electron chi connectivity index (χ1n) is 6.35. The minimum atomic E-state index is -4.39. The predicted molar refractivity (Wildman–Crippen MR) is 79.5 cm³/mol. The smallest absolute Gasteiger partial charge is 0.324 e. The van der Waals surface area contributed by atoms with E-state index in [2.05, 4.69) is 26.3 Å². The van der Waals surface area contributed by atoms with Crippen LogP contribution in [0.15, 0.2) is 28.7 Å². The molecule has 1 aromatic heterocycles. The van der Waals surface area contributed by atoms with Crippen LogP contribution in [-0.2, 0) is 17.5 Å². The first kappa shape index (κ1) is 16.5. The second-order valence-electron chi connectivity index (χ2n) is 4.77. The fraction of sp³-hybridized carbons (Fsp3) is 0.286. The summed E-state index contributed by atoms with van der Waals surface area (Å²) in [6.45, 7) is 3.61. The molecule has 0 aliphatic carbocycles. The van der Waals surface area contributed by atoms with Crippen LogP contribution in [0.4, 0.5) is 18.9 Å². The van der Waals surface area contributed by atoms with Crippen LogP contribution in [-0.4, -0.2) is 15.7 Å². The topological polar surface area (TPSA) is 46.9 Å². The molecule has 0 saturated heterocycles. The van der Waals surface area contributed by atoms with Crippen molar-refractivity contribution in [2.75, 3.05) is 5.32 Å². The number of carbonyl (C=O) groups excluding carboxylic acids is 1. The maximum Gasteiger partial charge on any atom is 0.416 e. The first-order chi connectivity index (χ1) is 10.2. The molecule has 1 amide bonds. The fourth-order valence-corrected chi connectivity index (χ4v) is 2.19. The number of benzene rings is 1. The Morgan fingerprint density at radius 1 is 1.27 bits per heavy atom. The van der Waals surface area contributed by atoms with Gasteiger partial charge in [0.1, 0.15) is 6.54 Å². The van der Waals surface area contributed by atoms with Crippen LogP contribution in [0.1, 0.15) is 17.0 Å². The summed E-state index contributed by atoms with van der Waals surface area (Å²) in [4.78, 5) is 11.9. The van der Waals surface area contributed by atoms with Crippen molar-refractivity contribution >= 4 is 27.5 Å². The summed E-state index contributed by atoms with van der Waals surface area (Å²) in [7, 11) is 0. The zero-order valence-electron chi connectivity index (χ0n) is 11.8. The molecule has 0 saturated carbocycles. The molecule has 1 heterocycles. The normalized spacial score (nSPS) is 11.5. The first-order valence-corrected chi connectivity index (χ1v) is 7.14. The van der Waals surface area contributed by atoms with E-state index in [4.69, 9.17) is 0 Å². The molecular weight excluding hydrogens is 363 g/mol. The largest absolute Gasteiger partial charge is 0.416 e. The molecule has 1 aromatic carbocycles. The number of nitrogens with zero attached hydrogens (tertiary/aromatic N) is 2. The van der Waals surface area contributed by atoms with Gasteiger partial charge in [0.15, 0.2) is 0 Å².